The first kappa shape index (κ1) is 14.1. The van der Waals surface area contributed by atoms with Crippen LogP contribution in [0.5, 0.6) is 0 Å². The van der Waals surface area contributed by atoms with Crippen LogP contribution in [0.4, 0.5) is 24.8 Å². The Morgan fingerprint density at radius 2 is 1.95 bits per heavy atom. The Morgan fingerprint density at radius 1 is 1.09 bits per heavy atom. The summed E-state index contributed by atoms with van der Waals surface area (Å²) in [5.74, 6) is 0.467. The predicted octanol–water partition coefficient (Wildman–Crippen LogP) is 3.63. The summed E-state index contributed by atoms with van der Waals surface area (Å²) >= 11 is 0. The number of halogens is 3. The Hall–Kier alpha value is -2.90. The minimum absolute atomic E-state index is 0.0678. The summed E-state index contributed by atoms with van der Waals surface area (Å²) in [6.07, 6.45) is 1.49. The van der Waals surface area contributed by atoms with Gasteiger partial charge in [-0.2, -0.15) is 18.3 Å². The van der Waals surface area contributed by atoms with Crippen LogP contribution in [-0.4, -0.2) is 20.2 Å². The number of aromatic nitrogens is 4. The number of nitrogens with one attached hydrogen (secondary N) is 2. The largest absolute Gasteiger partial charge is 0.416 e. The number of alkyl halides is 3. The van der Waals surface area contributed by atoms with Gasteiger partial charge in [-0.05, 0) is 24.3 Å². The highest BCUT2D eigenvalue weighted by Crippen LogP contribution is 2.31. The van der Waals surface area contributed by atoms with Gasteiger partial charge in [0.1, 0.15) is 11.6 Å². The standard InChI is InChI=1S/C14H10F3N5/c15-14(16,17)10-3-5-18-12(6-10)22-13-11(2-1-4-19-13)9-7-20-21-8-9/h1-8H,(H,20,21)(H,18,19,22). The van der Waals surface area contributed by atoms with Gasteiger partial charge in [0.05, 0.1) is 11.8 Å². The lowest BCUT2D eigenvalue weighted by Crippen LogP contribution is -2.06. The maximum Gasteiger partial charge on any atom is 0.416 e. The van der Waals surface area contributed by atoms with Crippen LogP contribution >= 0.6 is 0 Å². The van der Waals surface area contributed by atoms with Gasteiger partial charge in [-0.1, -0.05) is 0 Å². The molecule has 3 heterocycles. The van der Waals surface area contributed by atoms with E-state index in [9.17, 15) is 13.2 Å². The fourth-order valence-corrected chi connectivity index (χ4v) is 1.93. The van der Waals surface area contributed by atoms with Gasteiger partial charge in [0, 0.05) is 29.7 Å². The van der Waals surface area contributed by atoms with Crippen molar-refractivity contribution in [3.63, 3.8) is 0 Å². The molecule has 8 heteroatoms. The van der Waals surface area contributed by atoms with E-state index in [0.717, 1.165) is 23.9 Å². The number of pyridine rings is 2. The molecule has 2 N–H and O–H groups in total. The molecule has 3 rings (SSSR count). The van der Waals surface area contributed by atoms with E-state index in [0.29, 0.717) is 11.4 Å². The van der Waals surface area contributed by atoms with Crippen molar-refractivity contribution in [3.05, 3.63) is 54.6 Å². The molecule has 0 aromatic carbocycles. The number of aromatic amines is 1. The SMILES string of the molecule is FC(F)(F)c1ccnc(Nc2ncccc2-c2cn[nH]c2)c1. The molecule has 22 heavy (non-hydrogen) atoms. The lowest BCUT2D eigenvalue weighted by molar-refractivity contribution is -0.137. The van der Waals surface area contributed by atoms with E-state index in [1.807, 2.05) is 0 Å². The molecule has 0 aliphatic carbocycles. The van der Waals surface area contributed by atoms with Crippen molar-refractivity contribution in [1.82, 2.24) is 20.2 Å². The molecule has 5 nitrogen and oxygen atoms in total. The first-order valence-electron chi connectivity index (χ1n) is 6.28. The van der Waals surface area contributed by atoms with Gasteiger partial charge in [-0.3, -0.25) is 5.10 Å². The van der Waals surface area contributed by atoms with Crippen LogP contribution in [-0.2, 0) is 6.18 Å². The van der Waals surface area contributed by atoms with Gasteiger partial charge in [-0.15, -0.1) is 0 Å². The van der Waals surface area contributed by atoms with Gasteiger partial charge >= 0.3 is 6.18 Å². The van der Waals surface area contributed by atoms with Gasteiger partial charge in [-0.25, -0.2) is 9.97 Å². The summed E-state index contributed by atoms with van der Waals surface area (Å²) in [5, 5.41) is 9.34. The molecular weight excluding hydrogens is 295 g/mol. The van der Waals surface area contributed by atoms with Crippen molar-refractivity contribution in [3.8, 4) is 11.1 Å². The second kappa shape index (κ2) is 5.47. The van der Waals surface area contributed by atoms with Crippen LogP contribution in [0.2, 0.25) is 0 Å². The third-order valence-corrected chi connectivity index (χ3v) is 2.95. The molecule has 0 saturated carbocycles. The second-order valence-corrected chi connectivity index (χ2v) is 4.44. The molecule has 0 aliphatic rings. The van der Waals surface area contributed by atoms with Crippen molar-refractivity contribution in [2.45, 2.75) is 6.18 Å². The lowest BCUT2D eigenvalue weighted by atomic mass is 10.1. The van der Waals surface area contributed by atoms with Crippen molar-refractivity contribution in [2.24, 2.45) is 0 Å². The molecule has 0 bridgehead atoms. The lowest BCUT2D eigenvalue weighted by Gasteiger charge is -2.11. The Labute approximate surface area is 123 Å². The summed E-state index contributed by atoms with van der Waals surface area (Å²) in [6, 6.07) is 5.37. The Balaban J connectivity index is 1.95. The van der Waals surface area contributed by atoms with E-state index in [1.54, 1.807) is 30.7 Å². The quantitative estimate of drug-likeness (QED) is 0.775. The second-order valence-electron chi connectivity index (χ2n) is 4.44. The summed E-state index contributed by atoms with van der Waals surface area (Å²) in [7, 11) is 0. The van der Waals surface area contributed by atoms with E-state index >= 15 is 0 Å². The average molecular weight is 305 g/mol. The predicted molar refractivity (Wildman–Crippen MR) is 74.3 cm³/mol. The zero-order chi connectivity index (χ0) is 15.6. The molecule has 0 atom stereocenters. The van der Waals surface area contributed by atoms with E-state index in [2.05, 4.69) is 25.5 Å². The highest BCUT2D eigenvalue weighted by atomic mass is 19.4. The zero-order valence-electron chi connectivity index (χ0n) is 11.1. The molecule has 0 fully saturated rings. The number of nitrogens with zero attached hydrogens (tertiary/aromatic N) is 3. The highest BCUT2D eigenvalue weighted by Gasteiger charge is 2.30. The molecule has 3 aromatic rings. The van der Waals surface area contributed by atoms with Crippen molar-refractivity contribution in [2.75, 3.05) is 5.32 Å². The molecule has 0 saturated heterocycles. The molecule has 0 amide bonds. The minimum atomic E-state index is -4.42. The minimum Gasteiger partial charge on any atom is -0.324 e. The van der Waals surface area contributed by atoms with E-state index in [-0.39, 0.29) is 5.82 Å². The average Bonchev–Trinajstić information content (AvgIpc) is 3.01. The van der Waals surface area contributed by atoms with Crippen LogP contribution in [0.3, 0.4) is 0 Å². The van der Waals surface area contributed by atoms with E-state index in [1.165, 1.54) is 0 Å². The Morgan fingerprint density at radius 3 is 2.68 bits per heavy atom. The third-order valence-electron chi connectivity index (χ3n) is 2.95. The van der Waals surface area contributed by atoms with Crippen molar-refractivity contribution >= 4 is 11.6 Å². The summed E-state index contributed by atoms with van der Waals surface area (Å²) < 4.78 is 38.2. The third kappa shape index (κ3) is 2.90. The van der Waals surface area contributed by atoms with Crippen LogP contribution in [0.15, 0.2) is 49.1 Å². The monoisotopic (exact) mass is 305 g/mol. The molecule has 0 radical (unpaired) electrons. The molecule has 0 spiro atoms. The number of anilines is 2. The highest BCUT2D eigenvalue weighted by molar-refractivity contribution is 5.76. The molecule has 112 valence electrons. The number of hydrogen-bond acceptors (Lipinski definition) is 4. The fraction of sp³-hybridized carbons (Fsp3) is 0.0714. The van der Waals surface area contributed by atoms with Gasteiger partial charge in [0.2, 0.25) is 0 Å². The molecular formula is C14H10F3N5. The topological polar surface area (TPSA) is 66.5 Å². The summed E-state index contributed by atoms with van der Waals surface area (Å²) in [5.41, 5.74) is 0.698. The maximum atomic E-state index is 12.7. The molecule has 0 unspecified atom stereocenters. The van der Waals surface area contributed by atoms with E-state index in [4.69, 9.17) is 0 Å². The van der Waals surface area contributed by atoms with Crippen LogP contribution in [0.1, 0.15) is 5.56 Å². The van der Waals surface area contributed by atoms with Gasteiger partial charge in [0.15, 0.2) is 0 Å². The van der Waals surface area contributed by atoms with Crippen LogP contribution < -0.4 is 5.32 Å². The normalized spacial score (nSPS) is 11.4. The van der Waals surface area contributed by atoms with Crippen molar-refractivity contribution < 1.29 is 13.2 Å². The first-order chi connectivity index (χ1) is 10.5. The molecule has 3 aromatic heterocycles. The number of hydrogen-bond donors (Lipinski definition) is 2. The number of rotatable bonds is 3. The number of H-pyrrole nitrogens is 1. The Kier molecular flexibility index (Phi) is 3.50. The first-order valence-corrected chi connectivity index (χ1v) is 6.28. The summed E-state index contributed by atoms with van der Waals surface area (Å²) in [4.78, 5) is 8.04. The zero-order valence-corrected chi connectivity index (χ0v) is 11.1. The smallest absolute Gasteiger partial charge is 0.324 e. The summed E-state index contributed by atoms with van der Waals surface area (Å²) in [6.45, 7) is 0. The van der Waals surface area contributed by atoms with Gasteiger partial charge < -0.3 is 5.32 Å². The van der Waals surface area contributed by atoms with Gasteiger partial charge in [0.25, 0.3) is 0 Å². The van der Waals surface area contributed by atoms with E-state index < -0.39 is 11.7 Å². The van der Waals surface area contributed by atoms with Crippen molar-refractivity contribution in [1.29, 1.82) is 0 Å². The van der Waals surface area contributed by atoms with Crippen LogP contribution in [0.25, 0.3) is 11.1 Å². The van der Waals surface area contributed by atoms with Crippen LogP contribution in [0, 0.1) is 0 Å². The Bertz CT molecular complexity index is 768. The molecule has 0 aliphatic heterocycles. The fourth-order valence-electron chi connectivity index (χ4n) is 1.93. The maximum absolute atomic E-state index is 12.7.